The van der Waals surface area contributed by atoms with E-state index in [1.165, 1.54) is 18.3 Å². The maximum atomic E-state index is 12.5. The molecule has 0 aliphatic carbocycles. The van der Waals surface area contributed by atoms with Crippen LogP contribution in [0.3, 0.4) is 0 Å². The molecular weight excluding hydrogens is 340 g/mol. The molecule has 1 atom stereocenters. The first-order valence-electron chi connectivity index (χ1n) is 8.07. The zero-order valence-corrected chi connectivity index (χ0v) is 15.6. The topological polar surface area (TPSA) is 88.5 Å². The summed E-state index contributed by atoms with van der Waals surface area (Å²) < 4.78 is 5.42. The standard InChI is InChI=1S/C18H22N2O4S/c1-5-18(4,17(22)23)20-15(21)14-11(3)19-16(25-14)12-7-9-13(10-8-12)24-6-2/h7-10H,5-6H2,1-4H3,(H,20,21)(H,22,23). The lowest BCUT2D eigenvalue weighted by atomic mass is 9.99. The number of benzene rings is 1. The highest BCUT2D eigenvalue weighted by Crippen LogP contribution is 2.29. The minimum absolute atomic E-state index is 0.289. The maximum Gasteiger partial charge on any atom is 0.329 e. The second kappa shape index (κ2) is 7.65. The van der Waals surface area contributed by atoms with E-state index in [1.807, 2.05) is 31.2 Å². The highest BCUT2D eigenvalue weighted by Gasteiger charge is 2.34. The van der Waals surface area contributed by atoms with E-state index in [0.29, 0.717) is 22.2 Å². The number of aliphatic carboxylic acids is 1. The Labute approximate surface area is 150 Å². The molecule has 0 saturated heterocycles. The number of amides is 1. The first kappa shape index (κ1) is 18.9. The lowest BCUT2D eigenvalue weighted by Gasteiger charge is -2.24. The van der Waals surface area contributed by atoms with Crippen molar-refractivity contribution in [2.24, 2.45) is 0 Å². The van der Waals surface area contributed by atoms with Crippen LogP contribution in [0.15, 0.2) is 24.3 Å². The molecule has 1 heterocycles. The quantitative estimate of drug-likeness (QED) is 0.787. The van der Waals surface area contributed by atoms with Gasteiger partial charge in [0, 0.05) is 5.56 Å². The van der Waals surface area contributed by atoms with E-state index in [4.69, 9.17) is 4.74 Å². The molecule has 2 rings (SSSR count). The molecule has 134 valence electrons. The average Bonchev–Trinajstić information content (AvgIpc) is 2.97. The molecule has 1 amide bonds. The van der Waals surface area contributed by atoms with Crippen molar-refractivity contribution < 1.29 is 19.4 Å². The molecule has 2 aromatic rings. The Hall–Kier alpha value is -2.41. The molecule has 0 radical (unpaired) electrons. The van der Waals surface area contributed by atoms with Crippen molar-refractivity contribution >= 4 is 23.2 Å². The number of rotatable bonds is 7. The lowest BCUT2D eigenvalue weighted by Crippen LogP contribution is -2.51. The number of carboxylic acids is 1. The number of ether oxygens (including phenoxy) is 1. The normalized spacial score (nSPS) is 13.1. The van der Waals surface area contributed by atoms with Crippen LogP contribution in [0.4, 0.5) is 0 Å². The summed E-state index contributed by atoms with van der Waals surface area (Å²) in [5.41, 5.74) is 0.162. The van der Waals surface area contributed by atoms with Crippen LogP contribution in [0, 0.1) is 6.92 Å². The SMILES string of the molecule is CCOc1ccc(-c2nc(C)c(C(=O)NC(C)(CC)C(=O)O)s2)cc1. The molecule has 0 fully saturated rings. The van der Waals surface area contributed by atoms with Crippen molar-refractivity contribution in [2.75, 3.05) is 6.61 Å². The van der Waals surface area contributed by atoms with Gasteiger partial charge in [-0.25, -0.2) is 9.78 Å². The molecule has 0 aliphatic rings. The van der Waals surface area contributed by atoms with Crippen LogP contribution in [-0.2, 0) is 4.79 Å². The van der Waals surface area contributed by atoms with Gasteiger partial charge in [0.1, 0.15) is 21.2 Å². The minimum Gasteiger partial charge on any atom is -0.494 e. The molecule has 2 N–H and O–H groups in total. The molecule has 0 saturated carbocycles. The van der Waals surface area contributed by atoms with Gasteiger partial charge in [-0.2, -0.15) is 0 Å². The zero-order chi connectivity index (χ0) is 18.6. The van der Waals surface area contributed by atoms with Crippen molar-refractivity contribution in [3.63, 3.8) is 0 Å². The number of hydrogen-bond acceptors (Lipinski definition) is 5. The van der Waals surface area contributed by atoms with Crippen LogP contribution in [0.5, 0.6) is 5.75 Å². The number of carbonyl (C=O) groups excluding carboxylic acids is 1. The molecular formula is C18H22N2O4S. The Kier molecular flexibility index (Phi) is 5.79. The number of thiazole rings is 1. The third-order valence-corrected chi connectivity index (χ3v) is 5.19. The number of hydrogen-bond donors (Lipinski definition) is 2. The van der Waals surface area contributed by atoms with E-state index < -0.39 is 17.4 Å². The highest BCUT2D eigenvalue weighted by molar-refractivity contribution is 7.17. The predicted octanol–water partition coefficient (Wildman–Crippen LogP) is 3.50. The van der Waals surface area contributed by atoms with E-state index >= 15 is 0 Å². The monoisotopic (exact) mass is 362 g/mol. The van der Waals surface area contributed by atoms with Crippen molar-refractivity contribution in [3.8, 4) is 16.3 Å². The Balaban J connectivity index is 2.24. The fraction of sp³-hybridized carbons (Fsp3) is 0.389. The summed E-state index contributed by atoms with van der Waals surface area (Å²) in [7, 11) is 0. The Bertz CT molecular complexity index is 770. The van der Waals surface area contributed by atoms with E-state index in [9.17, 15) is 14.7 Å². The van der Waals surface area contributed by atoms with Gasteiger partial charge >= 0.3 is 5.97 Å². The molecule has 25 heavy (non-hydrogen) atoms. The van der Waals surface area contributed by atoms with E-state index in [0.717, 1.165) is 11.3 Å². The van der Waals surface area contributed by atoms with E-state index in [2.05, 4.69) is 10.3 Å². The Morgan fingerprint density at radius 2 is 1.92 bits per heavy atom. The summed E-state index contributed by atoms with van der Waals surface area (Å²) in [5.74, 6) is -0.700. The van der Waals surface area contributed by atoms with E-state index in [1.54, 1.807) is 13.8 Å². The average molecular weight is 362 g/mol. The fourth-order valence-corrected chi connectivity index (χ4v) is 3.16. The minimum atomic E-state index is -1.30. The van der Waals surface area contributed by atoms with Crippen LogP contribution >= 0.6 is 11.3 Å². The van der Waals surface area contributed by atoms with Crippen LogP contribution in [0.1, 0.15) is 42.6 Å². The number of aryl methyl sites for hydroxylation is 1. The first-order chi connectivity index (χ1) is 11.8. The summed E-state index contributed by atoms with van der Waals surface area (Å²) in [4.78, 5) is 28.8. The van der Waals surface area contributed by atoms with Crippen LogP contribution in [-0.4, -0.2) is 34.1 Å². The number of nitrogens with zero attached hydrogens (tertiary/aromatic N) is 1. The summed E-state index contributed by atoms with van der Waals surface area (Å²) >= 11 is 1.25. The maximum absolute atomic E-state index is 12.5. The Morgan fingerprint density at radius 1 is 1.28 bits per heavy atom. The molecule has 1 aromatic heterocycles. The first-order valence-corrected chi connectivity index (χ1v) is 8.89. The van der Waals surface area contributed by atoms with Gasteiger partial charge in [0.15, 0.2) is 0 Å². The lowest BCUT2D eigenvalue weighted by molar-refractivity contribution is -0.143. The van der Waals surface area contributed by atoms with Crippen LogP contribution < -0.4 is 10.1 Å². The summed E-state index contributed by atoms with van der Waals surface area (Å²) in [6, 6.07) is 7.48. The summed E-state index contributed by atoms with van der Waals surface area (Å²) in [6.45, 7) is 7.48. The van der Waals surface area contributed by atoms with Gasteiger partial charge in [-0.15, -0.1) is 11.3 Å². The molecule has 1 unspecified atom stereocenters. The second-order valence-electron chi connectivity index (χ2n) is 5.84. The smallest absolute Gasteiger partial charge is 0.329 e. The number of aromatic nitrogens is 1. The Morgan fingerprint density at radius 3 is 2.44 bits per heavy atom. The fourth-order valence-electron chi connectivity index (χ4n) is 2.19. The third kappa shape index (κ3) is 4.17. The second-order valence-corrected chi connectivity index (χ2v) is 6.83. The summed E-state index contributed by atoms with van der Waals surface area (Å²) in [6.07, 6.45) is 0.289. The number of carbonyl (C=O) groups is 2. The van der Waals surface area contributed by atoms with Crippen molar-refractivity contribution in [2.45, 2.75) is 39.7 Å². The van der Waals surface area contributed by atoms with Gasteiger partial charge < -0.3 is 15.2 Å². The largest absolute Gasteiger partial charge is 0.494 e. The summed E-state index contributed by atoms with van der Waals surface area (Å²) in [5, 5.41) is 12.6. The van der Waals surface area contributed by atoms with Crippen LogP contribution in [0.25, 0.3) is 10.6 Å². The number of carboxylic acid groups (broad SMARTS) is 1. The molecule has 0 spiro atoms. The number of nitrogens with one attached hydrogen (secondary N) is 1. The molecule has 0 aliphatic heterocycles. The zero-order valence-electron chi connectivity index (χ0n) is 14.8. The highest BCUT2D eigenvalue weighted by atomic mass is 32.1. The van der Waals surface area contributed by atoms with Gasteiger partial charge in [-0.3, -0.25) is 4.79 Å². The molecule has 1 aromatic carbocycles. The van der Waals surface area contributed by atoms with E-state index in [-0.39, 0.29) is 6.42 Å². The van der Waals surface area contributed by atoms with Crippen molar-refractivity contribution in [1.29, 1.82) is 0 Å². The van der Waals surface area contributed by atoms with Crippen molar-refractivity contribution in [3.05, 3.63) is 34.8 Å². The van der Waals surface area contributed by atoms with Gasteiger partial charge in [0.25, 0.3) is 5.91 Å². The van der Waals surface area contributed by atoms with Gasteiger partial charge in [0.2, 0.25) is 0 Å². The van der Waals surface area contributed by atoms with Gasteiger partial charge in [0.05, 0.1) is 12.3 Å². The van der Waals surface area contributed by atoms with Gasteiger partial charge in [-0.1, -0.05) is 6.92 Å². The van der Waals surface area contributed by atoms with Crippen molar-refractivity contribution in [1.82, 2.24) is 10.3 Å². The van der Waals surface area contributed by atoms with Gasteiger partial charge in [-0.05, 0) is 51.5 Å². The molecule has 7 heteroatoms. The molecule has 6 nitrogen and oxygen atoms in total. The van der Waals surface area contributed by atoms with Crippen LogP contribution in [0.2, 0.25) is 0 Å². The predicted molar refractivity (Wildman–Crippen MR) is 97.3 cm³/mol. The third-order valence-electron chi connectivity index (χ3n) is 3.98. The molecule has 0 bridgehead atoms.